The normalized spacial score (nSPS) is 12.0. The van der Waals surface area contributed by atoms with Gasteiger partial charge in [-0.25, -0.2) is 13.1 Å². The van der Waals surface area contributed by atoms with Crippen molar-refractivity contribution in [2.24, 2.45) is 7.05 Å². The van der Waals surface area contributed by atoms with Gasteiger partial charge in [0, 0.05) is 12.1 Å². The number of imidazole rings is 1. The van der Waals surface area contributed by atoms with Gasteiger partial charge in [-0.15, -0.1) is 0 Å². The Morgan fingerprint density at radius 1 is 1.19 bits per heavy atom. The number of sulfonamides is 1. The average molecular weight is 486 g/mol. The Labute approximate surface area is 192 Å². The molecular formula is C21H25Cl2N3O4S. The molecule has 0 saturated carbocycles. The summed E-state index contributed by atoms with van der Waals surface area (Å²) in [6, 6.07) is 6.50. The summed E-state index contributed by atoms with van der Waals surface area (Å²) >= 11 is 12.5. The Hall–Kier alpha value is -2.00. The molecule has 2 aromatic carbocycles. The topological polar surface area (TPSA) is 82.5 Å². The van der Waals surface area contributed by atoms with E-state index in [2.05, 4.69) is 23.6 Å². The Kier molecular flexibility index (Phi) is 7.05. The minimum absolute atomic E-state index is 0.0835. The monoisotopic (exact) mass is 485 g/mol. The van der Waals surface area contributed by atoms with Crippen LogP contribution < -0.4 is 14.2 Å². The Morgan fingerprint density at radius 3 is 2.45 bits per heavy atom. The van der Waals surface area contributed by atoms with Crippen LogP contribution in [0.2, 0.25) is 10.0 Å². The third-order valence-corrected chi connectivity index (χ3v) is 7.29. The molecule has 1 N–H and O–H groups in total. The number of benzene rings is 2. The zero-order valence-corrected chi connectivity index (χ0v) is 20.3. The molecule has 0 aliphatic rings. The zero-order valence-electron chi connectivity index (χ0n) is 18.0. The van der Waals surface area contributed by atoms with Crippen LogP contribution in [0, 0.1) is 0 Å². The number of hydrogen-bond acceptors (Lipinski definition) is 5. The van der Waals surface area contributed by atoms with Crippen molar-refractivity contribution in [3.05, 3.63) is 39.9 Å². The molecule has 0 atom stereocenters. The SMILES string of the molecule is CCC(CC)c1cc(Cl)c(OC)c2nc(Oc3ccc(Cl)cc3S(=O)(=O)NC)n(C)c12. The summed E-state index contributed by atoms with van der Waals surface area (Å²) in [6.07, 6.45) is 1.86. The van der Waals surface area contributed by atoms with Gasteiger partial charge < -0.3 is 9.47 Å². The second kappa shape index (κ2) is 9.24. The largest absolute Gasteiger partial charge is 0.493 e. The number of methoxy groups -OCH3 is 1. The van der Waals surface area contributed by atoms with Crippen LogP contribution in [0.15, 0.2) is 29.2 Å². The van der Waals surface area contributed by atoms with Crippen LogP contribution >= 0.6 is 23.2 Å². The van der Waals surface area contributed by atoms with Crippen LogP contribution in [-0.2, 0) is 17.1 Å². The number of nitrogens with zero attached hydrogens (tertiary/aromatic N) is 2. The maximum atomic E-state index is 12.5. The Morgan fingerprint density at radius 2 is 1.87 bits per heavy atom. The average Bonchev–Trinajstić information content (AvgIpc) is 3.06. The molecule has 7 nitrogen and oxygen atoms in total. The van der Waals surface area contributed by atoms with Gasteiger partial charge in [-0.05, 0) is 55.6 Å². The maximum absolute atomic E-state index is 12.5. The van der Waals surface area contributed by atoms with E-state index in [0.717, 1.165) is 23.9 Å². The lowest BCUT2D eigenvalue weighted by Crippen LogP contribution is -2.19. The highest BCUT2D eigenvalue weighted by atomic mass is 35.5. The summed E-state index contributed by atoms with van der Waals surface area (Å²) in [7, 11) is 0.860. The van der Waals surface area contributed by atoms with E-state index in [9.17, 15) is 8.42 Å². The van der Waals surface area contributed by atoms with Crippen molar-refractivity contribution in [3.8, 4) is 17.5 Å². The molecule has 168 valence electrons. The molecule has 3 aromatic rings. The van der Waals surface area contributed by atoms with E-state index in [-0.39, 0.29) is 27.6 Å². The Bertz CT molecular complexity index is 1220. The van der Waals surface area contributed by atoms with E-state index >= 15 is 0 Å². The van der Waals surface area contributed by atoms with Crippen molar-refractivity contribution in [1.82, 2.24) is 14.3 Å². The van der Waals surface area contributed by atoms with Crippen molar-refractivity contribution >= 4 is 44.3 Å². The lowest BCUT2D eigenvalue weighted by molar-refractivity contribution is 0.412. The number of halogens is 2. The number of rotatable bonds is 8. The van der Waals surface area contributed by atoms with E-state index in [1.807, 2.05) is 13.1 Å². The number of fused-ring (bicyclic) bond motifs is 1. The summed E-state index contributed by atoms with van der Waals surface area (Å²) in [5.41, 5.74) is 2.42. The number of ether oxygens (including phenoxy) is 2. The number of nitrogens with one attached hydrogen (secondary N) is 1. The summed E-state index contributed by atoms with van der Waals surface area (Å²) < 4.78 is 40.5. The smallest absolute Gasteiger partial charge is 0.302 e. The molecule has 10 heteroatoms. The molecule has 0 aliphatic heterocycles. The van der Waals surface area contributed by atoms with Crippen molar-refractivity contribution < 1.29 is 17.9 Å². The van der Waals surface area contributed by atoms with Crippen molar-refractivity contribution in [1.29, 1.82) is 0 Å². The van der Waals surface area contributed by atoms with Crippen LogP contribution in [-0.4, -0.2) is 32.1 Å². The summed E-state index contributed by atoms with van der Waals surface area (Å²) in [6.45, 7) is 4.24. The van der Waals surface area contributed by atoms with Gasteiger partial charge in [0.2, 0.25) is 10.0 Å². The molecule has 0 amide bonds. The molecule has 0 aliphatic carbocycles. The molecule has 0 radical (unpaired) electrons. The number of aromatic nitrogens is 2. The van der Waals surface area contributed by atoms with Gasteiger partial charge >= 0.3 is 6.01 Å². The van der Waals surface area contributed by atoms with Crippen LogP contribution in [0.25, 0.3) is 11.0 Å². The fourth-order valence-electron chi connectivity index (χ4n) is 3.66. The second-order valence-corrected chi connectivity index (χ2v) is 9.74. The molecular weight excluding hydrogens is 461 g/mol. The highest BCUT2D eigenvalue weighted by Gasteiger charge is 2.25. The quantitative estimate of drug-likeness (QED) is 0.455. The maximum Gasteiger partial charge on any atom is 0.302 e. The van der Waals surface area contributed by atoms with E-state index in [0.29, 0.717) is 16.3 Å². The lowest BCUT2D eigenvalue weighted by atomic mass is 9.92. The lowest BCUT2D eigenvalue weighted by Gasteiger charge is -2.17. The standard InChI is InChI=1S/C21H25Cl2N3O4S/c1-6-12(7-2)14-11-15(23)20(29-5)18-19(14)26(4)21(25-18)30-16-9-8-13(22)10-17(16)31(27,28)24-3/h8-12,24H,6-7H2,1-5H3. The third-order valence-electron chi connectivity index (χ3n) is 5.34. The first-order valence-corrected chi connectivity index (χ1v) is 12.1. The highest BCUT2D eigenvalue weighted by Crippen LogP contribution is 2.42. The van der Waals surface area contributed by atoms with Crippen molar-refractivity contribution in [2.45, 2.75) is 37.5 Å². The van der Waals surface area contributed by atoms with Gasteiger partial charge in [0.1, 0.15) is 10.4 Å². The molecule has 31 heavy (non-hydrogen) atoms. The van der Waals surface area contributed by atoms with Crippen LogP contribution in [0.5, 0.6) is 17.5 Å². The van der Waals surface area contributed by atoms with Crippen molar-refractivity contribution in [2.75, 3.05) is 14.2 Å². The van der Waals surface area contributed by atoms with E-state index in [1.165, 1.54) is 26.3 Å². The van der Waals surface area contributed by atoms with Crippen molar-refractivity contribution in [3.63, 3.8) is 0 Å². The van der Waals surface area contributed by atoms with Gasteiger partial charge in [-0.1, -0.05) is 37.0 Å². The first kappa shape index (κ1) is 23.7. The summed E-state index contributed by atoms with van der Waals surface area (Å²) in [5.74, 6) is 0.812. The van der Waals surface area contributed by atoms with Crippen LogP contribution in [0.3, 0.4) is 0 Å². The minimum atomic E-state index is -3.81. The van der Waals surface area contributed by atoms with E-state index < -0.39 is 10.0 Å². The predicted octanol–water partition coefficient (Wildman–Crippen LogP) is 5.49. The molecule has 0 unspecified atom stereocenters. The third kappa shape index (κ3) is 4.35. The van der Waals surface area contributed by atoms with Gasteiger partial charge in [-0.3, -0.25) is 4.57 Å². The molecule has 1 aromatic heterocycles. The molecule has 0 fully saturated rings. The zero-order chi connectivity index (χ0) is 22.9. The van der Waals surface area contributed by atoms with Gasteiger partial charge in [-0.2, -0.15) is 4.98 Å². The first-order chi connectivity index (χ1) is 14.7. The fourth-order valence-corrected chi connectivity index (χ4v) is 5.06. The fraction of sp³-hybridized carbons (Fsp3) is 0.381. The highest BCUT2D eigenvalue weighted by molar-refractivity contribution is 7.89. The molecule has 3 rings (SSSR count). The van der Waals surface area contributed by atoms with E-state index in [1.54, 1.807) is 10.6 Å². The molecule has 0 saturated heterocycles. The minimum Gasteiger partial charge on any atom is -0.493 e. The number of hydrogen-bond donors (Lipinski definition) is 1. The number of aryl methyl sites for hydroxylation is 1. The van der Waals surface area contributed by atoms with Gasteiger partial charge in [0.15, 0.2) is 11.5 Å². The first-order valence-electron chi connectivity index (χ1n) is 9.82. The predicted molar refractivity (Wildman–Crippen MR) is 123 cm³/mol. The van der Waals surface area contributed by atoms with Gasteiger partial charge in [0.25, 0.3) is 0 Å². The summed E-state index contributed by atoms with van der Waals surface area (Å²) in [4.78, 5) is 4.52. The van der Waals surface area contributed by atoms with Crippen LogP contribution in [0.4, 0.5) is 0 Å². The van der Waals surface area contributed by atoms with Gasteiger partial charge in [0.05, 0.1) is 17.6 Å². The molecule has 1 heterocycles. The molecule has 0 bridgehead atoms. The Balaban J connectivity index is 2.25. The molecule has 0 spiro atoms. The van der Waals surface area contributed by atoms with E-state index in [4.69, 9.17) is 32.7 Å². The second-order valence-electron chi connectivity index (χ2n) is 7.05. The van der Waals surface area contributed by atoms with Crippen LogP contribution in [0.1, 0.15) is 38.2 Å². The summed E-state index contributed by atoms with van der Waals surface area (Å²) in [5, 5.41) is 0.738.